The zero-order chi connectivity index (χ0) is 13.3. The Morgan fingerprint density at radius 3 is 2.56 bits per heavy atom. The lowest BCUT2D eigenvalue weighted by Crippen LogP contribution is -2.27. The lowest BCUT2D eigenvalue weighted by molar-refractivity contribution is -0.153. The highest BCUT2D eigenvalue weighted by Gasteiger charge is 2.26. The normalized spacial score (nSPS) is 18.0. The zero-order valence-corrected chi connectivity index (χ0v) is 9.67. The molecule has 0 radical (unpaired) electrons. The summed E-state index contributed by atoms with van der Waals surface area (Å²) < 4.78 is 0. The van der Waals surface area contributed by atoms with Gasteiger partial charge in [0, 0.05) is 12.8 Å². The first-order valence-electron chi connectivity index (χ1n) is 5.71. The fraction of sp³-hybridized carbons (Fsp3) is 0.385. The molecular weight excluding hydrogens is 236 g/mol. The Hall–Kier alpha value is -1.72. The third-order valence-corrected chi connectivity index (χ3v) is 3.18. The molecule has 0 bridgehead atoms. The number of hydrogen-bond donors (Lipinski definition) is 3. The van der Waals surface area contributed by atoms with Gasteiger partial charge in [0.15, 0.2) is 6.10 Å². The average Bonchev–Trinajstić information content (AvgIpc) is 2.36. The third-order valence-electron chi connectivity index (χ3n) is 3.18. The predicted molar refractivity (Wildman–Crippen MR) is 62.1 cm³/mol. The first kappa shape index (κ1) is 12.7. The largest absolute Gasteiger partial charge is 0.479 e. The van der Waals surface area contributed by atoms with Crippen LogP contribution < -0.4 is 0 Å². The summed E-state index contributed by atoms with van der Waals surface area (Å²) in [6.07, 6.45) is -1.85. The third kappa shape index (κ3) is 2.42. The molecule has 2 unspecified atom stereocenters. The number of aliphatic carboxylic acids is 1. The molecule has 0 aromatic heterocycles. The average molecular weight is 250 g/mol. The molecule has 1 aromatic carbocycles. The van der Waals surface area contributed by atoms with Crippen molar-refractivity contribution in [1.82, 2.24) is 0 Å². The van der Waals surface area contributed by atoms with Crippen LogP contribution in [0.3, 0.4) is 0 Å². The summed E-state index contributed by atoms with van der Waals surface area (Å²) in [4.78, 5) is 21.9. The van der Waals surface area contributed by atoms with Gasteiger partial charge in [-0.1, -0.05) is 18.2 Å². The Balaban J connectivity index is 2.26. The molecular formula is C13H14O5. The van der Waals surface area contributed by atoms with E-state index in [0.29, 0.717) is 24.8 Å². The maximum Gasteiger partial charge on any atom is 0.335 e. The first-order chi connectivity index (χ1) is 8.49. The number of aliphatic hydroxyl groups is 2. The number of benzene rings is 1. The van der Waals surface area contributed by atoms with Crippen molar-refractivity contribution in [2.24, 2.45) is 0 Å². The lowest BCUT2D eigenvalue weighted by atomic mass is 9.88. The van der Waals surface area contributed by atoms with Crippen molar-refractivity contribution in [2.45, 2.75) is 31.5 Å². The van der Waals surface area contributed by atoms with Gasteiger partial charge in [0.2, 0.25) is 0 Å². The van der Waals surface area contributed by atoms with E-state index in [1.54, 1.807) is 18.2 Å². The number of aryl methyl sites for hydroxylation is 1. The highest BCUT2D eigenvalue weighted by molar-refractivity contribution is 5.83. The van der Waals surface area contributed by atoms with E-state index in [9.17, 15) is 19.8 Å². The number of fused-ring (bicyclic) bond motifs is 1. The molecule has 1 aromatic rings. The van der Waals surface area contributed by atoms with E-state index in [4.69, 9.17) is 5.11 Å². The van der Waals surface area contributed by atoms with Gasteiger partial charge in [-0.25, -0.2) is 4.79 Å². The summed E-state index contributed by atoms with van der Waals surface area (Å²) in [6, 6.07) is 4.92. The Morgan fingerprint density at radius 1 is 1.17 bits per heavy atom. The van der Waals surface area contributed by atoms with Gasteiger partial charge in [-0.2, -0.15) is 0 Å². The lowest BCUT2D eigenvalue weighted by Gasteiger charge is -2.19. The summed E-state index contributed by atoms with van der Waals surface area (Å²) in [5.41, 5.74) is 2.20. The molecule has 0 aliphatic heterocycles. The van der Waals surface area contributed by atoms with Crippen LogP contribution in [0, 0.1) is 0 Å². The molecule has 0 saturated carbocycles. The van der Waals surface area contributed by atoms with Crippen LogP contribution in [0.2, 0.25) is 0 Å². The topological polar surface area (TPSA) is 94.8 Å². The number of carbonyl (C=O) groups excluding carboxylic acids is 1. The van der Waals surface area contributed by atoms with E-state index in [2.05, 4.69) is 0 Å². The number of hydrogen-bond acceptors (Lipinski definition) is 4. The summed E-state index contributed by atoms with van der Waals surface area (Å²) in [5.74, 6) is -1.28. The number of carbonyl (C=O) groups is 2. The maximum atomic E-state index is 11.3. The molecule has 0 heterocycles. The van der Waals surface area contributed by atoms with Gasteiger partial charge >= 0.3 is 5.97 Å². The fourth-order valence-corrected chi connectivity index (χ4v) is 2.13. The van der Waals surface area contributed by atoms with Crippen LogP contribution >= 0.6 is 0 Å². The molecule has 0 fully saturated rings. The van der Waals surface area contributed by atoms with E-state index in [-0.39, 0.29) is 5.78 Å². The fourth-order valence-electron chi connectivity index (χ4n) is 2.13. The molecule has 2 rings (SSSR count). The van der Waals surface area contributed by atoms with Gasteiger partial charge in [0.05, 0.1) is 0 Å². The van der Waals surface area contributed by atoms with E-state index in [0.717, 1.165) is 11.1 Å². The number of aliphatic hydroxyl groups excluding tert-OH is 2. The molecule has 1 aliphatic carbocycles. The molecule has 5 heteroatoms. The second-order valence-corrected chi connectivity index (χ2v) is 4.47. The summed E-state index contributed by atoms with van der Waals surface area (Å²) in [5, 5.41) is 27.6. The van der Waals surface area contributed by atoms with Crippen LogP contribution in [0.1, 0.15) is 29.2 Å². The Labute approximate surface area is 104 Å². The monoisotopic (exact) mass is 250 g/mol. The molecule has 2 atom stereocenters. The number of ketones is 1. The van der Waals surface area contributed by atoms with Crippen molar-refractivity contribution >= 4 is 11.8 Å². The molecule has 0 saturated heterocycles. The standard InChI is InChI=1S/C13H14O5/c14-10-4-3-7-5-9(2-1-8(7)6-10)11(15)12(16)13(17)18/h1-2,5,11-12,15-16H,3-4,6H2,(H,17,18). The number of carboxylic acid groups (broad SMARTS) is 1. The predicted octanol–water partition coefficient (Wildman–Crippen LogP) is 0.223. The Morgan fingerprint density at radius 2 is 1.89 bits per heavy atom. The summed E-state index contributed by atoms with van der Waals surface area (Å²) in [7, 11) is 0. The van der Waals surface area contributed by atoms with Gasteiger partial charge < -0.3 is 15.3 Å². The molecule has 5 nitrogen and oxygen atoms in total. The molecule has 0 amide bonds. The van der Waals surface area contributed by atoms with Crippen molar-refractivity contribution in [3.8, 4) is 0 Å². The quantitative estimate of drug-likeness (QED) is 0.713. The van der Waals surface area contributed by atoms with Crippen molar-refractivity contribution < 1.29 is 24.9 Å². The van der Waals surface area contributed by atoms with Crippen LogP contribution in [-0.2, 0) is 22.4 Å². The van der Waals surface area contributed by atoms with Gasteiger partial charge in [-0.05, 0) is 23.1 Å². The van der Waals surface area contributed by atoms with Crippen molar-refractivity contribution in [1.29, 1.82) is 0 Å². The van der Waals surface area contributed by atoms with Gasteiger partial charge in [-0.3, -0.25) is 4.79 Å². The van der Waals surface area contributed by atoms with Crippen LogP contribution in [0.5, 0.6) is 0 Å². The molecule has 1 aliphatic rings. The number of rotatable bonds is 3. The second-order valence-electron chi connectivity index (χ2n) is 4.47. The highest BCUT2D eigenvalue weighted by atomic mass is 16.4. The minimum atomic E-state index is -1.84. The zero-order valence-electron chi connectivity index (χ0n) is 9.67. The SMILES string of the molecule is O=C1CCc2cc(C(O)C(O)C(=O)O)ccc2C1. The number of Topliss-reactive ketones (excluding diaryl/α,β-unsaturated/α-hetero) is 1. The molecule has 3 N–H and O–H groups in total. The minimum absolute atomic E-state index is 0.182. The summed E-state index contributed by atoms with van der Waals surface area (Å²) in [6.45, 7) is 0. The van der Waals surface area contributed by atoms with Crippen LogP contribution in [-0.4, -0.2) is 33.2 Å². The van der Waals surface area contributed by atoms with Crippen LogP contribution in [0.25, 0.3) is 0 Å². The number of carboxylic acids is 1. The van der Waals surface area contributed by atoms with E-state index >= 15 is 0 Å². The van der Waals surface area contributed by atoms with Crippen LogP contribution in [0.4, 0.5) is 0 Å². The van der Waals surface area contributed by atoms with Crippen molar-refractivity contribution in [2.75, 3.05) is 0 Å². The first-order valence-corrected chi connectivity index (χ1v) is 5.71. The van der Waals surface area contributed by atoms with Gasteiger partial charge in [-0.15, -0.1) is 0 Å². The highest BCUT2D eigenvalue weighted by Crippen LogP contribution is 2.25. The Kier molecular flexibility index (Phi) is 3.45. The van der Waals surface area contributed by atoms with Gasteiger partial charge in [0.25, 0.3) is 0 Å². The minimum Gasteiger partial charge on any atom is -0.479 e. The van der Waals surface area contributed by atoms with E-state index in [1.807, 2.05) is 0 Å². The molecule has 0 spiro atoms. The summed E-state index contributed by atoms with van der Waals surface area (Å²) >= 11 is 0. The molecule has 18 heavy (non-hydrogen) atoms. The Bertz CT molecular complexity index is 494. The van der Waals surface area contributed by atoms with Crippen LogP contribution in [0.15, 0.2) is 18.2 Å². The second kappa shape index (κ2) is 4.88. The van der Waals surface area contributed by atoms with Gasteiger partial charge in [0.1, 0.15) is 11.9 Å². The van der Waals surface area contributed by atoms with E-state index < -0.39 is 18.2 Å². The molecule has 96 valence electrons. The maximum absolute atomic E-state index is 11.3. The smallest absolute Gasteiger partial charge is 0.335 e. The van der Waals surface area contributed by atoms with Crippen molar-refractivity contribution in [3.05, 3.63) is 34.9 Å². The van der Waals surface area contributed by atoms with Crippen molar-refractivity contribution in [3.63, 3.8) is 0 Å². The van der Waals surface area contributed by atoms with E-state index in [1.165, 1.54) is 0 Å².